The van der Waals surface area contributed by atoms with Crippen molar-refractivity contribution < 1.29 is 9.59 Å². The van der Waals surface area contributed by atoms with Gasteiger partial charge in [-0.3, -0.25) is 9.59 Å². The highest BCUT2D eigenvalue weighted by Crippen LogP contribution is 2.58. The molecule has 0 amide bonds. The zero-order valence-electron chi connectivity index (χ0n) is 48.8. The van der Waals surface area contributed by atoms with Crippen molar-refractivity contribution in [2.45, 2.75) is 194 Å². The molecule has 0 radical (unpaired) electrons. The van der Waals surface area contributed by atoms with Crippen molar-refractivity contribution in [2.24, 2.45) is 0 Å². The lowest BCUT2D eigenvalue weighted by Gasteiger charge is -2.35. The number of nitrogens with zero attached hydrogens (tertiary/aromatic N) is 1. The maximum absolute atomic E-state index is 12.5. The van der Waals surface area contributed by atoms with Gasteiger partial charge in [0, 0.05) is 48.1 Å². The Morgan fingerprint density at radius 1 is 0.375 bits per heavy atom. The SMILES string of the molecule is CCCCCCc1cc(C=O)sc1-c1cc(-c2ccc(N(c3ccc4c(c3)C(CCCC)(CCCC)c3ccccc3-4)c3ccc4c(c3)C(CCCC)(CCCC)c3ccccc3-4)cc2)sc1-c1sc(C=O)cc1CCCCCC. The summed E-state index contributed by atoms with van der Waals surface area (Å²) < 4.78 is 0. The Kier molecular flexibility index (Phi) is 19.1. The quantitative estimate of drug-likeness (QED) is 0.0333. The van der Waals surface area contributed by atoms with E-state index in [4.69, 9.17) is 0 Å². The van der Waals surface area contributed by atoms with Crippen LogP contribution in [0, 0.1) is 0 Å². The van der Waals surface area contributed by atoms with Gasteiger partial charge in [0.1, 0.15) is 0 Å². The van der Waals surface area contributed by atoms with Gasteiger partial charge in [0.2, 0.25) is 0 Å². The normalized spacial score (nSPS) is 13.5. The molecule has 3 aromatic heterocycles. The number of hydrogen-bond donors (Lipinski definition) is 0. The fourth-order valence-electron chi connectivity index (χ4n) is 13.8. The highest BCUT2D eigenvalue weighted by atomic mass is 32.1. The lowest BCUT2D eigenvalue weighted by Crippen LogP contribution is -2.26. The zero-order valence-corrected chi connectivity index (χ0v) is 51.3. The first-order chi connectivity index (χ1) is 39.3. The first kappa shape index (κ1) is 57.6. The van der Waals surface area contributed by atoms with Crippen molar-refractivity contribution in [1.82, 2.24) is 0 Å². The molecule has 80 heavy (non-hydrogen) atoms. The van der Waals surface area contributed by atoms with Crippen LogP contribution >= 0.6 is 34.0 Å². The molecule has 416 valence electrons. The average Bonchev–Trinajstić information content (AvgIpc) is 4.44. The molecule has 5 aromatic carbocycles. The van der Waals surface area contributed by atoms with E-state index in [1.165, 1.54) is 188 Å². The zero-order chi connectivity index (χ0) is 55.6. The van der Waals surface area contributed by atoms with Gasteiger partial charge in [-0.05, 0) is 167 Å². The number of aldehydes is 2. The molecule has 2 aliphatic carbocycles. The lowest BCUT2D eigenvalue weighted by molar-refractivity contribution is 0.111. The first-order valence-electron chi connectivity index (χ1n) is 31.0. The number of anilines is 3. The smallest absolute Gasteiger partial charge is 0.160 e. The summed E-state index contributed by atoms with van der Waals surface area (Å²) in [5, 5.41) is 0. The summed E-state index contributed by atoms with van der Waals surface area (Å²) >= 11 is 5.11. The van der Waals surface area contributed by atoms with E-state index >= 15 is 0 Å². The van der Waals surface area contributed by atoms with E-state index in [0.717, 1.165) is 79.4 Å². The van der Waals surface area contributed by atoms with Gasteiger partial charge in [-0.25, -0.2) is 0 Å². The van der Waals surface area contributed by atoms with Crippen LogP contribution in [0.2, 0.25) is 0 Å². The molecule has 0 fully saturated rings. The van der Waals surface area contributed by atoms with Crippen LogP contribution in [-0.2, 0) is 23.7 Å². The summed E-state index contributed by atoms with van der Waals surface area (Å²) in [5.74, 6) is 0. The largest absolute Gasteiger partial charge is 0.310 e. The number of aryl methyl sites for hydroxylation is 2. The fraction of sp³-hybridized carbons (Fsp3) is 0.405. The van der Waals surface area contributed by atoms with Gasteiger partial charge in [0.15, 0.2) is 12.6 Å². The number of benzene rings is 5. The Morgan fingerprint density at radius 3 is 1.26 bits per heavy atom. The molecule has 6 heteroatoms. The topological polar surface area (TPSA) is 37.4 Å². The summed E-state index contributed by atoms with van der Waals surface area (Å²) in [6.07, 6.45) is 27.4. The minimum Gasteiger partial charge on any atom is -0.310 e. The molecule has 10 rings (SSSR count). The number of carbonyl (C=O) groups is 2. The third kappa shape index (κ3) is 11.3. The Labute approximate surface area is 492 Å². The second kappa shape index (κ2) is 26.5. The van der Waals surface area contributed by atoms with Crippen LogP contribution in [0.5, 0.6) is 0 Å². The van der Waals surface area contributed by atoms with Crippen LogP contribution in [0.1, 0.15) is 223 Å². The summed E-state index contributed by atoms with van der Waals surface area (Å²) in [7, 11) is 0. The first-order valence-corrected chi connectivity index (χ1v) is 33.4. The minimum absolute atomic E-state index is 0.0397. The van der Waals surface area contributed by atoms with Gasteiger partial charge in [0.25, 0.3) is 0 Å². The molecule has 0 aliphatic heterocycles. The van der Waals surface area contributed by atoms with Crippen molar-refractivity contribution in [3.8, 4) is 52.9 Å². The molecule has 0 saturated heterocycles. The molecule has 0 spiro atoms. The molecular formula is C74H85NO2S3. The van der Waals surface area contributed by atoms with E-state index in [1.54, 1.807) is 22.7 Å². The number of rotatable bonds is 30. The molecular weight excluding hydrogens is 1030 g/mol. The summed E-state index contributed by atoms with van der Waals surface area (Å²) in [4.78, 5) is 34.0. The van der Waals surface area contributed by atoms with Crippen LogP contribution in [0.25, 0.3) is 52.9 Å². The summed E-state index contributed by atoms with van der Waals surface area (Å²) in [6.45, 7) is 13.9. The Hall–Kier alpha value is -5.66. The van der Waals surface area contributed by atoms with E-state index in [-0.39, 0.29) is 10.8 Å². The van der Waals surface area contributed by atoms with Crippen LogP contribution in [0.4, 0.5) is 17.1 Å². The highest BCUT2D eigenvalue weighted by Gasteiger charge is 2.44. The molecule has 2 aliphatic rings. The number of carbonyl (C=O) groups excluding carboxylic acids is 2. The predicted molar refractivity (Wildman–Crippen MR) is 348 cm³/mol. The predicted octanol–water partition coefficient (Wildman–Crippen LogP) is 23.5. The monoisotopic (exact) mass is 1120 g/mol. The lowest BCUT2D eigenvalue weighted by atomic mass is 9.70. The molecule has 8 aromatic rings. The average molecular weight is 1120 g/mol. The van der Waals surface area contributed by atoms with Crippen molar-refractivity contribution >= 4 is 63.6 Å². The number of thiophene rings is 3. The van der Waals surface area contributed by atoms with Crippen LogP contribution in [-0.4, -0.2) is 12.6 Å². The van der Waals surface area contributed by atoms with E-state index < -0.39 is 0 Å². The fourth-order valence-corrected chi connectivity index (χ4v) is 17.3. The number of hydrogen-bond acceptors (Lipinski definition) is 6. The molecule has 0 N–H and O–H groups in total. The second-order valence-corrected chi connectivity index (χ2v) is 26.4. The van der Waals surface area contributed by atoms with Crippen molar-refractivity contribution in [3.63, 3.8) is 0 Å². The van der Waals surface area contributed by atoms with Crippen LogP contribution in [0.15, 0.2) is 127 Å². The van der Waals surface area contributed by atoms with Gasteiger partial charge < -0.3 is 4.90 Å². The third-order valence-corrected chi connectivity index (χ3v) is 21.5. The van der Waals surface area contributed by atoms with Gasteiger partial charge in [0.05, 0.1) is 14.6 Å². The second-order valence-electron chi connectivity index (χ2n) is 23.2. The van der Waals surface area contributed by atoms with E-state index in [1.807, 2.05) is 11.3 Å². The third-order valence-electron chi connectivity index (χ3n) is 17.9. The summed E-state index contributed by atoms with van der Waals surface area (Å²) in [5.41, 5.74) is 19.9. The maximum atomic E-state index is 12.5. The Balaban J connectivity index is 1.14. The van der Waals surface area contributed by atoms with Gasteiger partial charge in [-0.1, -0.05) is 204 Å². The van der Waals surface area contributed by atoms with Gasteiger partial charge >= 0.3 is 0 Å². The molecule has 0 saturated carbocycles. The van der Waals surface area contributed by atoms with Crippen molar-refractivity contribution in [3.05, 3.63) is 171 Å². The molecule has 0 atom stereocenters. The van der Waals surface area contributed by atoms with Crippen LogP contribution < -0.4 is 4.90 Å². The van der Waals surface area contributed by atoms with E-state index in [9.17, 15) is 9.59 Å². The number of unbranched alkanes of at least 4 members (excludes halogenated alkanes) is 10. The van der Waals surface area contributed by atoms with Crippen molar-refractivity contribution in [2.75, 3.05) is 4.90 Å². The van der Waals surface area contributed by atoms with Crippen LogP contribution in [0.3, 0.4) is 0 Å². The van der Waals surface area contributed by atoms with E-state index in [0.29, 0.717) is 0 Å². The molecule has 0 unspecified atom stereocenters. The van der Waals surface area contributed by atoms with Gasteiger partial charge in [-0.2, -0.15) is 0 Å². The Morgan fingerprint density at radius 2 is 0.800 bits per heavy atom. The highest BCUT2D eigenvalue weighted by molar-refractivity contribution is 7.25. The molecule has 0 bridgehead atoms. The van der Waals surface area contributed by atoms with Gasteiger partial charge in [-0.15, -0.1) is 34.0 Å². The molecule has 3 heterocycles. The Bertz CT molecular complexity index is 3170. The summed E-state index contributed by atoms with van der Waals surface area (Å²) in [6, 6.07) is 49.6. The number of fused-ring (bicyclic) bond motifs is 6. The van der Waals surface area contributed by atoms with Crippen molar-refractivity contribution in [1.29, 1.82) is 0 Å². The molecule has 3 nitrogen and oxygen atoms in total. The van der Waals surface area contributed by atoms with E-state index in [2.05, 4.69) is 174 Å². The maximum Gasteiger partial charge on any atom is 0.160 e. The standard InChI is InChI=1S/C74H85NO2S3/c1-7-13-19-21-27-53-45-58(50-76)78-70(53)64-49-69(80-72(64)71-54(28-22-20-14-8-2)46-59(51-77)79-71)52-33-35-55(36-34-52)75(56-37-39-62-60-29-23-25-31-65(60)73(41-15-9-3,42-16-10-4)67(62)47-56)57-38-40-63-61-30-24-26-32-66(61)74(43-17-11-5,44-18-12-6)68(63)48-57/h23-26,29-40,45-51H,7-22,27-28,41-44H2,1-6H3. The minimum atomic E-state index is -0.0397.